The number of nitrogens with zero attached hydrogens (tertiary/aromatic N) is 4. The van der Waals surface area contributed by atoms with Gasteiger partial charge in [0.05, 0.1) is 5.69 Å². The summed E-state index contributed by atoms with van der Waals surface area (Å²) in [4.78, 5) is 1.66. The van der Waals surface area contributed by atoms with Crippen molar-refractivity contribution < 1.29 is 17.6 Å². The smallest absolute Gasteiger partial charge is 0.374 e. The zero-order valence-electron chi connectivity index (χ0n) is 16.5. The lowest BCUT2D eigenvalue weighted by atomic mass is 10.1. The molecule has 30 heavy (non-hydrogen) atoms. The highest BCUT2D eigenvalue weighted by atomic mass is 19.4. The lowest BCUT2D eigenvalue weighted by Crippen LogP contribution is -2.25. The van der Waals surface area contributed by atoms with E-state index >= 15 is 0 Å². The summed E-state index contributed by atoms with van der Waals surface area (Å²) >= 11 is 0. The molecule has 0 N–H and O–H groups in total. The maximum Gasteiger partial charge on any atom is 0.422 e. The van der Waals surface area contributed by atoms with E-state index < -0.39 is 11.7 Å². The second-order valence-corrected chi connectivity index (χ2v) is 8.57. The van der Waals surface area contributed by atoms with Gasteiger partial charge in [-0.3, -0.25) is 4.40 Å². The van der Waals surface area contributed by atoms with Gasteiger partial charge in [-0.05, 0) is 60.8 Å². The molecule has 1 aromatic carbocycles. The number of fused-ring (bicyclic) bond motifs is 1. The number of anilines is 1. The van der Waals surface area contributed by atoms with E-state index in [0.29, 0.717) is 24.7 Å². The predicted molar refractivity (Wildman–Crippen MR) is 105 cm³/mol. The molecule has 0 bridgehead atoms. The molecule has 8 heteroatoms. The summed E-state index contributed by atoms with van der Waals surface area (Å²) in [6.07, 6.45) is 0.858. The maximum absolute atomic E-state index is 14.0. The SMILES string of the molecule is CN(CC1CC1c1ccc(F)cc1)c1ccn2c(CC3CC3)nnc2c1C(F)(F)F. The molecule has 2 heterocycles. The molecule has 2 aliphatic rings. The number of aromatic nitrogens is 3. The fraction of sp³-hybridized carbons (Fsp3) is 0.455. The summed E-state index contributed by atoms with van der Waals surface area (Å²) in [6.45, 7) is 0.490. The van der Waals surface area contributed by atoms with E-state index in [1.807, 2.05) is 0 Å². The number of pyridine rings is 1. The number of benzene rings is 1. The van der Waals surface area contributed by atoms with E-state index in [4.69, 9.17) is 0 Å². The number of hydrogen-bond acceptors (Lipinski definition) is 3. The van der Waals surface area contributed by atoms with Crippen LogP contribution in [-0.2, 0) is 12.6 Å². The Morgan fingerprint density at radius 3 is 2.50 bits per heavy atom. The van der Waals surface area contributed by atoms with Gasteiger partial charge in [-0.1, -0.05) is 12.1 Å². The molecular weight excluding hydrogens is 396 g/mol. The first kappa shape index (κ1) is 19.3. The Morgan fingerprint density at radius 1 is 1.10 bits per heavy atom. The normalized spacial score (nSPS) is 21.2. The van der Waals surface area contributed by atoms with Crippen molar-refractivity contribution in [2.75, 3.05) is 18.5 Å². The summed E-state index contributed by atoms with van der Waals surface area (Å²) < 4.78 is 56.6. The zero-order valence-corrected chi connectivity index (χ0v) is 16.5. The van der Waals surface area contributed by atoms with Gasteiger partial charge in [-0.15, -0.1) is 10.2 Å². The van der Waals surface area contributed by atoms with Crippen molar-refractivity contribution in [1.82, 2.24) is 14.6 Å². The van der Waals surface area contributed by atoms with Gasteiger partial charge in [0.1, 0.15) is 17.2 Å². The third-order valence-corrected chi connectivity index (χ3v) is 6.22. The van der Waals surface area contributed by atoms with Gasteiger partial charge in [-0.2, -0.15) is 13.2 Å². The summed E-state index contributed by atoms with van der Waals surface area (Å²) in [6, 6.07) is 7.88. The van der Waals surface area contributed by atoms with Crippen molar-refractivity contribution in [3.05, 3.63) is 59.3 Å². The Morgan fingerprint density at radius 2 is 1.83 bits per heavy atom. The maximum atomic E-state index is 14.0. The van der Waals surface area contributed by atoms with Crippen LogP contribution in [0.1, 0.15) is 42.1 Å². The molecule has 2 aliphatic carbocycles. The highest BCUT2D eigenvalue weighted by molar-refractivity contribution is 5.66. The van der Waals surface area contributed by atoms with Gasteiger partial charge in [-0.25, -0.2) is 4.39 Å². The third-order valence-electron chi connectivity index (χ3n) is 6.22. The lowest BCUT2D eigenvalue weighted by molar-refractivity contribution is -0.136. The van der Waals surface area contributed by atoms with Gasteiger partial charge in [0.15, 0.2) is 5.65 Å². The number of hydrogen-bond donors (Lipinski definition) is 0. The van der Waals surface area contributed by atoms with Crippen LogP contribution in [0.2, 0.25) is 0 Å². The van der Waals surface area contributed by atoms with Crippen LogP contribution < -0.4 is 4.90 Å². The van der Waals surface area contributed by atoms with Crippen molar-refractivity contribution in [2.45, 2.75) is 37.8 Å². The average Bonchev–Trinajstić information content (AvgIpc) is 3.61. The standard InChI is InChI=1S/C22H22F4N4/c1-29(12-15-11-17(15)14-4-6-16(23)7-5-14)18-8-9-30-19(10-13-2-3-13)27-28-21(30)20(18)22(24,25)26/h4-9,13,15,17H,2-3,10-12H2,1H3. The minimum Gasteiger partial charge on any atom is -0.374 e. The van der Waals surface area contributed by atoms with Gasteiger partial charge >= 0.3 is 6.18 Å². The molecule has 0 saturated heterocycles. The Labute approximate surface area is 171 Å². The van der Waals surface area contributed by atoms with Gasteiger partial charge < -0.3 is 4.90 Å². The molecule has 4 nitrogen and oxygen atoms in total. The van der Waals surface area contributed by atoms with E-state index in [1.165, 1.54) is 22.6 Å². The van der Waals surface area contributed by atoms with Crippen molar-refractivity contribution >= 4 is 11.3 Å². The van der Waals surface area contributed by atoms with E-state index in [0.717, 1.165) is 24.8 Å². The molecule has 3 aromatic rings. The fourth-order valence-electron chi connectivity index (χ4n) is 4.32. The van der Waals surface area contributed by atoms with E-state index in [2.05, 4.69) is 10.2 Å². The molecule has 0 amide bonds. The summed E-state index contributed by atoms with van der Waals surface area (Å²) in [5.41, 5.74) is 0.281. The first-order chi connectivity index (χ1) is 14.3. The zero-order chi connectivity index (χ0) is 21.0. The van der Waals surface area contributed by atoms with Crippen LogP contribution in [0.4, 0.5) is 23.2 Å². The monoisotopic (exact) mass is 418 g/mol. The second-order valence-electron chi connectivity index (χ2n) is 8.57. The molecule has 2 atom stereocenters. The van der Waals surface area contributed by atoms with Gasteiger partial charge in [0.2, 0.25) is 0 Å². The van der Waals surface area contributed by atoms with Crippen LogP contribution in [0.25, 0.3) is 5.65 Å². The first-order valence-corrected chi connectivity index (χ1v) is 10.2. The molecule has 2 unspecified atom stereocenters. The number of halogens is 4. The van der Waals surface area contributed by atoms with Crippen LogP contribution >= 0.6 is 0 Å². The molecule has 2 saturated carbocycles. The third kappa shape index (κ3) is 3.63. The molecule has 2 aromatic heterocycles. The van der Waals surface area contributed by atoms with E-state index in [1.54, 1.807) is 30.3 Å². The largest absolute Gasteiger partial charge is 0.422 e. The highest BCUT2D eigenvalue weighted by Gasteiger charge is 2.42. The van der Waals surface area contributed by atoms with Crippen LogP contribution in [-0.4, -0.2) is 28.2 Å². The topological polar surface area (TPSA) is 33.4 Å². The summed E-state index contributed by atoms with van der Waals surface area (Å²) in [5.74, 6) is 1.30. The molecule has 2 fully saturated rings. The van der Waals surface area contributed by atoms with Crippen molar-refractivity contribution in [1.29, 1.82) is 0 Å². The fourth-order valence-corrected chi connectivity index (χ4v) is 4.32. The second kappa shape index (κ2) is 6.96. The Balaban J connectivity index is 1.41. The molecule has 5 rings (SSSR count). The average molecular weight is 418 g/mol. The van der Waals surface area contributed by atoms with E-state index in [-0.39, 0.29) is 29.0 Å². The summed E-state index contributed by atoms with van der Waals surface area (Å²) in [5, 5.41) is 7.95. The van der Waals surface area contributed by atoms with Gasteiger partial charge in [0.25, 0.3) is 0 Å². The van der Waals surface area contributed by atoms with Crippen molar-refractivity contribution in [2.24, 2.45) is 11.8 Å². The first-order valence-electron chi connectivity index (χ1n) is 10.2. The Hall–Kier alpha value is -2.64. The van der Waals surface area contributed by atoms with Crippen LogP contribution in [0, 0.1) is 17.7 Å². The lowest BCUT2D eigenvalue weighted by Gasteiger charge is -2.24. The molecule has 0 spiro atoms. The Kier molecular flexibility index (Phi) is 4.48. The molecule has 0 aliphatic heterocycles. The number of alkyl halides is 3. The molecular formula is C22H22F4N4. The minimum absolute atomic E-state index is 0.116. The van der Waals surface area contributed by atoms with Crippen molar-refractivity contribution in [3.8, 4) is 0 Å². The van der Waals surface area contributed by atoms with Crippen LogP contribution in [0.3, 0.4) is 0 Å². The van der Waals surface area contributed by atoms with Crippen molar-refractivity contribution in [3.63, 3.8) is 0 Å². The number of rotatable bonds is 6. The summed E-state index contributed by atoms with van der Waals surface area (Å²) in [7, 11) is 1.68. The van der Waals surface area contributed by atoms with Gasteiger partial charge in [0, 0.05) is 26.2 Å². The predicted octanol–water partition coefficient (Wildman–Crippen LogP) is 5.08. The van der Waals surface area contributed by atoms with Crippen LogP contribution in [0.5, 0.6) is 0 Å². The Bertz CT molecular complexity index is 1070. The molecule has 158 valence electrons. The highest BCUT2D eigenvalue weighted by Crippen LogP contribution is 2.49. The molecule has 0 radical (unpaired) electrons. The quantitative estimate of drug-likeness (QED) is 0.524. The van der Waals surface area contributed by atoms with Crippen LogP contribution in [0.15, 0.2) is 36.5 Å². The van der Waals surface area contributed by atoms with E-state index in [9.17, 15) is 17.6 Å². The minimum atomic E-state index is -4.53.